The lowest BCUT2D eigenvalue weighted by Crippen LogP contribution is -2.13. The topological polar surface area (TPSA) is 53.4 Å². The first kappa shape index (κ1) is 18.6. The van der Waals surface area contributed by atoms with Gasteiger partial charge in [-0.2, -0.15) is 0 Å². The van der Waals surface area contributed by atoms with Crippen LogP contribution in [0.2, 0.25) is 0 Å². The van der Waals surface area contributed by atoms with Crippen molar-refractivity contribution >= 4 is 28.6 Å². The first-order valence-corrected chi connectivity index (χ1v) is 9.24. The Morgan fingerprint density at radius 3 is 2.62 bits per heavy atom. The zero-order valence-corrected chi connectivity index (χ0v) is 16.5. The Bertz CT molecular complexity index is 848. The molecule has 1 aromatic heterocycles. The number of carbonyl (C=O) groups is 1. The van der Waals surface area contributed by atoms with Gasteiger partial charge in [0, 0.05) is 16.0 Å². The second-order valence-electron chi connectivity index (χ2n) is 5.77. The Labute approximate surface area is 166 Å². The van der Waals surface area contributed by atoms with Crippen LogP contribution in [0.1, 0.15) is 27.6 Å². The maximum atomic E-state index is 11.5. The monoisotopic (exact) mass is 462 g/mol. The minimum absolute atomic E-state index is 0.0995. The number of ether oxygens (including phenoxy) is 2. The average molecular weight is 462 g/mol. The highest BCUT2D eigenvalue weighted by Gasteiger charge is 2.16. The minimum atomic E-state index is -0.339. The van der Waals surface area contributed by atoms with Crippen molar-refractivity contribution in [2.45, 2.75) is 19.3 Å². The van der Waals surface area contributed by atoms with Gasteiger partial charge in [0.15, 0.2) is 0 Å². The number of aromatic nitrogens is 2. The van der Waals surface area contributed by atoms with Crippen molar-refractivity contribution in [3.63, 3.8) is 0 Å². The molecule has 1 heterocycles. The van der Waals surface area contributed by atoms with Crippen LogP contribution >= 0.6 is 22.6 Å². The Hall–Kier alpha value is -2.19. The van der Waals surface area contributed by atoms with Crippen LogP contribution in [-0.4, -0.2) is 22.6 Å². The van der Waals surface area contributed by atoms with E-state index < -0.39 is 0 Å². The van der Waals surface area contributed by atoms with Crippen molar-refractivity contribution in [2.24, 2.45) is 0 Å². The number of hydrogen-bond acceptors (Lipinski definition) is 4. The molecule has 26 heavy (non-hydrogen) atoms. The number of nitrogens with zero attached hydrogens (tertiary/aromatic N) is 2. The van der Waals surface area contributed by atoms with E-state index in [4.69, 9.17) is 9.47 Å². The maximum Gasteiger partial charge on any atom is 0.337 e. The van der Waals surface area contributed by atoms with Crippen molar-refractivity contribution in [1.82, 2.24) is 9.55 Å². The molecule has 0 N–H and O–H groups in total. The third kappa shape index (κ3) is 4.70. The van der Waals surface area contributed by atoms with Gasteiger partial charge >= 0.3 is 5.97 Å². The number of benzene rings is 2. The molecule has 1 unspecified atom stereocenters. The predicted octanol–water partition coefficient (Wildman–Crippen LogP) is 4.23. The number of esters is 1. The van der Waals surface area contributed by atoms with Gasteiger partial charge in [-0.15, -0.1) is 0 Å². The molecule has 0 aliphatic carbocycles. The van der Waals surface area contributed by atoms with E-state index in [9.17, 15) is 4.79 Å². The predicted molar refractivity (Wildman–Crippen MR) is 107 cm³/mol. The number of imidazole rings is 1. The van der Waals surface area contributed by atoms with Gasteiger partial charge in [-0.05, 0) is 51.9 Å². The smallest absolute Gasteiger partial charge is 0.337 e. The van der Waals surface area contributed by atoms with E-state index in [-0.39, 0.29) is 12.1 Å². The van der Waals surface area contributed by atoms with E-state index in [0.717, 1.165) is 14.7 Å². The van der Waals surface area contributed by atoms with Gasteiger partial charge in [0.2, 0.25) is 0 Å². The van der Waals surface area contributed by atoms with Crippen LogP contribution in [-0.2, 0) is 22.6 Å². The molecule has 0 radical (unpaired) electrons. The third-order valence-corrected chi connectivity index (χ3v) is 5.00. The lowest BCUT2D eigenvalue weighted by atomic mass is 10.1. The minimum Gasteiger partial charge on any atom is -0.465 e. The summed E-state index contributed by atoms with van der Waals surface area (Å²) in [7, 11) is 1.38. The summed E-state index contributed by atoms with van der Waals surface area (Å²) in [5.41, 5.74) is 2.68. The van der Waals surface area contributed by atoms with E-state index >= 15 is 0 Å². The Morgan fingerprint density at radius 1 is 1.19 bits per heavy atom. The molecule has 5 nitrogen and oxygen atoms in total. The summed E-state index contributed by atoms with van der Waals surface area (Å²) in [6.45, 7) is 1.13. The van der Waals surface area contributed by atoms with Crippen LogP contribution in [0.25, 0.3) is 0 Å². The number of carbonyl (C=O) groups excluding carboxylic acids is 1. The molecule has 3 rings (SSSR count). The van der Waals surface area contributed by atoms with Gasteiger partial charge in [0.05, 0.1) is 32.2 Å². The fraction of sp³-hybridized carbons (Fsp3) is 0.200. The van der Waals surface area contributed by atoms with Gasteiger partial charge in [-0.25, -0.2) is 9.78 Å². The molecule has 1 atom stereocenters. The molecule has 0 fully saturated rings. The maximum absolute atomic E-state index is 11.5. The molecule has 2 aromatic carbocycles. The van der Waals surface area contributed by atoms with Gasteiger partial charge in [-0.3, -0.25) is 0 Å². The molecule has 3 aromatic rings. The number of methoxy groups -OCH3 is 1. The average Bonchev–Trinajstić information content (AvgIpc) is 3.18. The van der Waals surface area contributed by atoms with Crippen molar-refractivity contribution < 1.29 is 14.3 Å². The van der Waals surface area contributed by atoms with Gasteiger partial charge in [-0.1, -0.05) is 30.3 Å². The van der Waals surface area contributed by atoms with Crippen LogP contribution in [0.3, 0.4) is 0 Å². The van der Waals surface area contributed by atoms with Crippen molar-refractivity contribution in [3.8, 4) is 0 Å². The fourth-order valence-corrected chi connectivity index (χ4v) is 3.35. The van der Waals surface area contributed by atoms with E-state index in [0.29, 0.717) is 18.7 Å². The van der Waals surface area contributed by atoms with Crippen LogP contribution in [0.4, 0.5) is 0 Å². The molecule has 0 aliphatic rings. The second kappa shape index (κ2) is 8.95. The largest absolute Gasteiger partial charge is 0.465 e. The van der Waals surface area contributed by atoms with Gasteiger partial charge in [0.25, 0.3) is 0 Å². The molecule has 0 bridgehead atoms. The molecular weight excluding hydrogens is 443 g/mol. The number of halogens is 1. The summed E-state index contributed by atoms with van der Waals surface area (Å²) < 4.78 is 14.1. The molecule has 134 valence electrons. The lowest BCUT2D eigenvalue weighted by molar-refractivity contribution is 0.0274. The van der Waals surface area contributed by atoms with Crippen molar-refractivity contribution in [2.75, 3.05) is 7.11 Å². The zero-order valence-electron chi connectivity index (χ0n) is 14.3. The SMILES string of the molecule is COC(=O)c1ccc(COC(Cn2ccnc2)c2ccccc2I)cc1. The van der Waals surface area contributed by atoms with E-state index in [1.54, 1.807) is 24.7 Å². The van der Waals surface area contributed by atoms with Gasteiger partial charge in [0.1, 0.15) is 6.10 Å². The number of rotatable bonds is 7. The quantitative estimate of drug-likeness (QED) is 0.390. The second-order valence-corrected chi connectivity index (χ2v) is 6.93. The zero-order chi connectivity index (χ0) is 18.4. The van der Waals surface area contributed by atoms with Crippen molar-refractivity contribution in [1.29, 1.82) is 0 Å². The summed E-state index contributed by atoms with van der Waals surface area (Å²) in [5.74, 6) is -0.339. The Balaban J connectivity index is 1.73. The highest BCUT2D eigenvalue weighted by molar-refractivity contribution is 14.1. The molecule has 0 aliphatic heterocycles. The summed E-state index contributed by atoms with van der Waals surface area (Å²) in [4.78, 5) is 15.6. The molecule has 0 saturated heterocycles. The van der Waals surface area contributed by atoms with Crippen LogP contribution in [0.15, 0.2) is 67.3 Å². The van der Waals surface area contributed by atoms with Crippen LogP contribution in [0.5, 0.6) is 0 Å². The van der Waals surface area contributed by atoms with Crippen LogP contribution in [0, 0.1) is 3.57 Å². The summed E-state index contributed by atoms with van der Waals surface area (Å²) in [6, 6.07) is 15.5. The summed E-state index contributed by atoms with van der Waals surface area (Å²) >= 11 is 2.33. The lowest BCUT2D eigenvalue weighted by Gasteiger charge is -2.20. The van der Waals surface area contributed by atoms with E-state index in [2.05, 4.69) is 39.7 Å². The Kier molecular flexibility index (Phi) is 6.40. The molecule has 0 spiro atoms. The van der Waals surface area contributed by atoms with Crippen LogP contribution < -0.4 is 0 Å². The molecule has 0 amide bonds. The third-order valence-electron chi connectivity index (χ3n) is 4.01. The van der Waals surface area contributed by atoms with E-state index in [1.807, 2.05) is 35.0 Å². The molecule has 6 heteroatoms. The fourth-order valence-electron chi connectivity index (χ4n) is 2.61. The number of hydrogen-bond donors (Lipinski definition) is 0. The summed E-state index contributed by atoms with van der Waals surface area (Å²) in [6.07, 6.45) is 5.38. The summed E-state index contributed by atoms with van der Waals surface area (Å²) in [5, 5.41) is 0. The molecule has 0 saturated carbocycles. The van der Waals surface area contributed by atoms with Crippen molar-refractivity contribution in [3.05, 3.63) is 87.5 Å². The highest BCUT2D eigenvalue weighted by atomic mass is 127. The van der Waals surface area contributed by atoms with Gasteiger partial charge < -0.3 is 14.0 Å². The normalized spacial score (nSPS) is 11.9. The standard InChI is InChI=1S/C20H19IN2O3/c1-25-20(24)16-8-6-15(7-9-16)13-26-19(12-23-11-10-22-14-23)17-4-2-3-5-18(17)21/h2-11,14,19H,12-13H2,1H3. The molecular formula is C20H19IN2O3. The first-order chi connectivity index (χ1) is 12.7. The van der Waals surface area contributed by atoms with E-state index in [1.165, 1.54) is 7.11 Å². The first-order valence-electron chi connectivity index (χ1n) is 8.16. The highest BCUT2D eigenvalue weighted by Crippen LogP contribution is 2.26. The Morgan fingerprint density at radius 2 is 1.96 bits per heavy atom.